The van der Waals surface area contributed by atoms with Crippen LogP contribution in [0.5, 0.6) is 0 Å². The molecule has 2 aromatic rings. The molecule has 0 radical (unpaired) electrons. The summed E-state index contributed by atoms with van der Waals surface area (Å²) in [6.45, 7) is 6.15. The maximum absolute atomic E-state index is 12.4. The minimum atomic E-state index is -0.325. The molecule has 8 heteroatoms. The van der Waals surface area contributed by atoms with Gasteiger partial charge in [-0.2, -0.15) is 0 Å². The van der Waals surface area contributed by atoms with Crippen LogP contribution >= 0.6 is 24.0 Å². The van der Waals surface area contributed by atoms with E-state index in [1.807, 2.05) is 48.5 Å². The van der Waals surface area contributed by atoms with Crippen molar-refractivity contribution in [3.8, 4) is 0 Å². The molecule has 0 aromatic heterocycles. The van der Waals surface area contributed by atoms with Gasteiger partial charge in [-0.3, -0.25) is 9.89 Å². The molecule has 0 spiro atoms. The molecule has 0 saturated carbocycles. The summed E-state index contributed by atoms with van der Waals surface area (Å²) in [5.41, 5.74) is 2.50. The van der Waals surface area contributed by atoms with Crippen LogP contribution in [0.2, 0.25) is 0 Å². The number of nitrogens with one attached hydrogen (secondary N) is 2. The molecule has 0 atom stereocenters. The fourth-order valence-electron chi connectivity index (χ4n) is 3.18. The van der Waals surface area contributed by atoms with Crippen LogP contribution in [0.15, 0.2) is 59.6 Å². The molecule has 2 N–H and O–H groups in total. The number of halogens is 1. The van der Waals surface area contributed by atoms with E-state index in [1.54, 1.807) is 13.1 Å². The van der Waals surface area contributed by atoms with Crippen molar-refractivity contribution in [1.29, 1.82) is 0 Å². The normalized spacial score (nSPS) is 14.4. The molecule has 0 amide bonds. The third kappa shape index (κ3) is 8.84. The van der Waals surface area contributed by atoms with Crippen molar-refractivity contribution in [2.24, 2.45) is 4.99 Å². The number of carbonyl (C=O) groups is 1. The highest BCUT2D eigenvalue weighted by molar-refractivity contribution is 14.0. The SMILES string of the molecule is CN=C(NCCN1CCOCC1)NCc1cccc(C(=O)OCc2ccccc2)c1.I. The van der Waals surface area contributed by atoms with E-state index < -0.39 is 0 Å². The Morgan fingerprint density at radius 2 is 1.81 bits per heavy atom. The van der Waals surface area contributed by atoms with Crippen LogP contribution in [-0.4, -0.2) is 63.3 Å². The van der Waals surface area contributed by atoms with Crippen LogP contribution in [0.3, 0.4) is 0 Å². The van der Waals surface area contributed by atoms with Gasteiger partial charge in [-0.15, -0.1) is 24.0 Å². The first-order valence-corrected chi connectivity index (χ1v) is 10.3. The quantitative estimate of drug-likeness (QED) is 0.233. The predicted octanol–water partition coefficient (Wildman–Crippen LogP) is 2.66. The third-order valence-electron chi connectivity index (χ3n) is 4.88. The predicted molar refractivity (Wildman–Crippen MR) is 133 cm³/mol. The smallest absolute Gasteiger partial charge is 0.338 e. The van der Waals surface area contributed by atoms with Crippen LogP contribution in [-0.2, 0) is 22.6 Å². The van der Waals surface area contributed by atoms with Crippen LogP contribution in [0, 0.1) is 0 Å². The molecule has 0 aliphatic carbocycles. The lowest BCUT2D eigenvalue weighted by Gasteiger charge is -2.26. The molecule has 1 heterocycles. The van der Waals surface area contributed by atoms with E-state index >= 15 is 0 Å². The van der Waals surface area contributed by atoms with Crippen LogP contribution in [0.25, 0.3) is 0 Å². The summed E-state index contributed by atoms with van der Waals surface area (Å²) in [5, 5.41) is 6.62. The van der Waals surface area contributed by atoms with E-state index in [-0.39, 0.29) is 36.6 Å². The number of nitrogens with zero attached hydrogens (tertiary/aromatic N) is 2. The lowest BCUT2D eigenvalue weighted by Crippen LogP contribution is -2.44. The third-order valence-corrected chi connectivity index (χ3v) is 4.88. The number of morpholine rings is 1. The van der Waals surface area contributed by atoms with Gasteiger partial charge in [0.05, 0.1) is 18.8 Å². The average Bonchev–Trinajstić information content (AvgIpc) is 2.81. The van der Waals surface area contributed by atoms with Gasteiger partial charge in [0.15, 0.2) is 5.96 Å². The summed E-state index contributed by atoms with van der Waals surface area (Å²) in [6, 6.07) is 17.1. The minimum Gasteiger partial charge on any atom is -0.457 e. The van der Waals surface area contributed by atoms with E-state index in [1.165, 1.54) is 0 Å². The highest BCUT2D eigenvalue weighted by Gasteiger charge is 2.10. The molecule has 0 bridgehead atoms. The first-order chi connectivity index (χ1) is 14.7. The zero-order chi connectivity index (χ0) is 21.0. The summed E-state index contributed by atoms with van der Waals surface area (Å²) >= 11 is 0. The average molecular weight is 538 g/mol. The van der Waals surface area contributed by atoms with E-state index in [0.717, 1.165) is 56.5 Å². The topological polar surface area (TPSA) is 75.2 Å². The van der Waals surface area contributed by atoms with E-state index in [0.29, 0.717) is 12.1 Å². The standard InChI is InChI=1S/C23H30N4O3.HI/c1-24-23(25-10-11-27-12-14-29-15-13-27)26-17-20-8-5-9-21(16-20)22(28)30-18-19-6-3-2-4-7-19;/h2-9,16H,10-15,17-18H2,1H3,(H2,24,25,26);1H. The number of hydrogen-bond acceptors (Lipinski definition) is 5. The molecule has 7 nitrogen and oxygen atoms in total. The number of aliphatic imine (C=N–C) groups is 1. The highest BCUT2D eigenvalue weighted by Crippen LogP contribution is 2.09. The highest BCUT2D eigenvalue weighted by atomic mass is 127. The Balaban J connectivity index is 0.00000341. The van der Waals surface area contributed by atoms with Gasteiger partial charge in [0.25, 0.3) is 0 Å². The van der Waals surface area contributed by atoms with Gasteiger partial charge >= 0.3 is 5.97 Å². The fraction of sp³-hybridized carbons (Fsp3) is 0.391. The number of hydrogen-bond donors (Lipinski definition) is 2. The number of benzene rings is 2. The second-order valence-electron chi connectivity index (χ2n) is 7.07. The van der Waals surface area contributed by atoms with E-state index in [2.05, 4.69) is 20.5 Å². The minimum absolute atomic E-state index is 0. The Morgan fingerprint density at radius 3 is 2.55 bits per heavy atom. The Labute approximate surface area is 201 Å². The molecule has 168 valence electrons. The molecule has 1 aliphatic rings. The molecule has 1 saturated heterocycles. The number of esters is 1. The summed E-state index contributed by atoms with van der Waals surface area (Å²) in [5.74, 6) is 0.411. The van der Waals surface area contributed by atoms with Crippen LogP contribution < -0.4 is 10.6 Å². The molecular weight excluding hydrogens is 507 g/mol. The number of guanidine groups is 1. The molecule has 0 unspecified atom stereocenters. The Bertz CT molecular complexity index is 827. The van der Waals surface area contributed by atoms with Gasteiger partial charge < -0.3 is 20.1 Å². The monoisotopic (exact) mass is 538 g/mol. The van der Waals surface area contributed by atoms with Gasteiger partial charge in [-0.25, -0.2) is 4.79 Å². The van der Waals surface area contributed by atoms with Crippen molar-refractivity contribution in [2.45, 2.75) is 13.2 Å². The molecule has 31 heavy (non-hydrogen) atoms. The maximum Gasteiger partial charge on any atom is 0.338 e. The molecule has 1 aliphatic heterocycles. The van der Waals surface area contributed by atoms with Crippen molar-refractivity contribution in [3.63, 3.8) is 0 Å². The zero-order valence-corrected chi connectivity index (χ0v) is 20.2. The van der Waals surface area contributed by atoms with Gasteiger partial charge in [-0.05, 0) is 23.3 Å². The van der Waals surface area contributed by atoms with Gasteiger partial charge in [-0.1, -0.05) is 42.5 Å². The largest absolute Gasteiger partial charge is 0.457 e. The molecule has 3 rings (SSSR count). The van der Waals surface area contributed by atoms with Crippen LogP contribution in [0.1, 0.15) is 21.5 Å². The van der Waals surface area contributed by atoms with Crippen LogP contribution in [0.4, 0.5) is 0 Å². The van der Waals surface area contributed by atoms with Crippen molar-refractivity contribution in [1.82, 2.24) is 15.5 Å². The van der Waals surface area contributed by atoms with Crippen molar-refractivity contribution in [2.75, 3.05) is 46.4 Å². The fourth-order valence-corrected chi connectivity index (χ4v) is 3.18. The lowest BCUT2D eigenvalue weighted by atomic mass is 10.1. The first-order valence-electron chi connectivity index (χ1n) is 10.3. The maximum atomic E-state index is 12.4. The van der Waals surface area contributed by atoms with Crippen molar-refractivity contribution in [3.05, 3.63) is 71.3 Å². The van der Waals surface area contributed by atoms with Gasteiger partial charge in [0.2, 0.25) is 0 Å². The second-order valence-corrected chi connectivity index (χ2v) is 7.07. The zero-order valence-electron chi connectivity index (χ0n) is 17.9. The Kier molecular flexibility index (Phi) is 11.3. The van der Waals surface area contributed by atoms with Gasteiger partial charge in [0, 0.05) is 39.8 Å². The molecule has 2 aromatic carbocycles. The van der Waals surface area contributed by atoms with E-state index in [9.17, 15) is 4.79 Å². The van der Waals surface area contributed by atoms with Crippen molar-refractivity contribution < 1.29 is 14.3 Å². The summed E-state index contributed by atoms with van der Waals surface area (Å²) in [7, 11) is 1.75. The first kappa shape index (κ1) is 25.1. The summed E-state index contributed by atoms with van der Waals surface area (Å²) in [6.07, 6.45) is 0. The second kappa shape index (κ2) is 14.0. The summed E-state index contributed by atoms with van der Waals surface area (Å²) < 4.78 is 10.8. The lowest BCUT2D eigenvalue weighted by molar-refractivity contribution is 0.0389. The Morgan fingerprint density at radius 1 is 1.06 bits per heavy atom. The Hall–Kier alpha value is -2.17. The number of ether oxygens (including phenoxy) is 2. The number of carbonyl (C=O) groups excluding carboxylic acids is 1. The number of rotatable bonds is 8. The van der Waals surface area contributed by atoms with Crippen molar-refractivity contribution >= 4 is 35.9 Å². The molecule has 1 fully saturated rings. The van der Waals surface area contributed by atoms with E-state index in [4.69, 9.17) is 9.47 Å². The summed E-state index contributed by atoms with van der Waals surface area (Å²) in [4.78, 5) is 19.0. The van der Waals surface area contributed by atoms with Gasteiger partial charge in [0.1, 0.15) is 6.61 Å². The molecular formula is C23H31IN4O3.